The Morgan fingerprint density at radius 1 is 1.16 bits per heavy atom. The van der Waals surface area contributed by atoms with E-state index in [-0.39, 0.29) is 18.6 Å². The molecule has 0 radical (unpaired) electrons. The summed E-state index contributed by atoms with van der Waals surface area (Å²) in [4.78, 5) is 17.2. The van der Waals surface area contributed by atoms with Crippen molar-refractivity contribution in [3.63, 3.8) is 0 Å². The number of carbonyl (C=O) groups is 1. The molecule has 0 bridgehead atoms. The van der Waals surface area contributed by atoms with E-state index in [2.05, 4.69) is 28.4 Å². The smallest absolute Gasteiger partial charge is 0.267 e. The molecule has 0 aliphatic carbocycles. The van der Waals surface area contributed by atoms with Crippen molar-refractivity contribution in [2.45, 2.75) is 19.1 Å². The highest BCUT2D eigenvalue weighted by Gasteiger charge is 2.08. The van der Waals surface area contributed by atoms with E-state index in [1.165, 1.54) is 6.08 Å². The van der Waals surface area contributed by atoms with Crippen molar-refractivity contribution in [2.24, 2.45) is 0 Å². The molecule has 0 saturated carbocycles. The van der Waals surface area contributed by atoms with Gasteiger partial charge in [0.05, 0.1) is 26.0 Å². The largest absolute Gasteiger partial charge is 0.497 e. The van der Waals surface area contributed by atoms with Gasteiger partial charge in [0.2, 0.25) is 0 Å². The molecular formula is C25H26N4O3. The lowest BCUT2D eigenvalue weighted by Gasteiger charge is -2.09. The van der Waals surface area contributed by atoms with Crippen molar-refractivity contribution in [3.05, 3.63) is 102 Å². The van der Waals surface area contributed by atoms with Gasteiger partial charge in [0, 0.05) is 6.08 Å². The lowest BCUT2D eigenvalue weighted by atomic mass is 10.1. The van der Waals surface area contributed by atoms with Gasteiger partial charge < -0.3 is 4.74 Å². The van der Waals surface area contributed by atoms with Crippen molar-refractivity contribution >= 4 is 18.1 Å². The highest BCUT2D eigenvalue weighted by Crippen LogP contribution is 2.16. The normalized spacial score (nSPS) is 12.2. The van der Waals surface area contributed by atoms with Crippen LogP contribution in [-0.2, 0) is 16.2 Å². The Hall–Kier alpha value is -3.97. The minimum absolute atomic E-state index is 0.0241. The first-order chi connectivity index (χ1) is 15.7. The molecule has 0 saturated heterocycles. The molecule has 0 aliphatic rings. The van der Waals surface area contributed by atoms with E-state index in [0.29, 0.717) is 12.1 Å². The number of rotatable bonds is 11. The number of allylic oxidation sites excluding steroid dienone is 2. The van der Waals surface area contributed by atoms with Gasteiger partial charge in [-0.1, -0.05) is 65.9 Å². The molecule has 0 aliphatic heterocycles. The second-order valence-electron chi connectivity index (χ2n) is 6.92. The summed E-state index contributed by atoms with van der Waals surface area (Å²) in [5.74, 6) is 0.374. The summed E-state index contributed by atoms with van der Waals surface area (Å²) < 4.78 is 6.86. The van der Waals surface area contributed by atoms with E-state index in [4.69, 9.17) is 9.57 Å². The highest BCUT2D eigenvalue weighted by atomic mass is 16.6. The summed E-state index contributed by atoms with van der Waals surface area (Å²) in [7, 11) is 1.61. The molecule has 1 N–H and O–H groups in total. The van der Waals surface area contributed by atoms with E-state index in [1.54, 1.807) is 24.1 Å². The van der Waals surface area contributed by atoms with Crippen LogP contribution in [0.25, 0.3) is 12.2 Å². The molecule has 1 unspecified atom stereocenters. The second kappa shape index (κ2) is 12.0. The van der Waals surface area contributed by atoms with Crippen molar-refractivity contribution < 1.29 is 14.4 Å². The molecule has 0 spiro atoms. The van der Waals surface area contributed by atoms with Crippen LogP contribution in [0.15, 0.2) is 85.6 Å². The summed E-state index contributed by atoms with van der Waals surface area (Å²) in [6.07, 6.45) is 11.4. The van der Waals surface area contributed by atoms with Crippen LogP contribution < -0.4 is 10.2 Å². The molecule has 2 aromatic carbocycles. The molecular weight excluding hydrogens is 404 g/mol. The second-order valence-corrected chi connectivity index (χ2v) is 6.92. The Bertz CT molecular complexity index is 1060. The summed E-state index contributed by atoms with van der Waals surface area (Å²) in [6, 6.07) is 17.4. The van der Waals surface area contributed by atoms with Crippen molar-refractivity contribution in [1.29, 1.82) is 0 Å². The van der Waals surface area contributed by atoms with Crippen molar-refractivity contribution in [1.82, 2.24) is 20.5 Å². The third-order valence-corrected chi connectivity index (χ3v) is 4.56. The lowest BCUT2D eigenvalue weighted by molar-refractivity contribution is -0.129. The Morgan fingerprint density at radius 3 is 2.66 bits per heavy atom. The zero-order chi connectivity index (χ0) is 22.6. The highest BCUT2D eigenvalue weighted by molar-refractivity contribution is 5.90. The number of amides is 1. The van der Waals surface area contributed by atoms with Crippen LogP contribution in [-0.4, -0.2) is 28.0 Å². The predicted molar refractivity (Wildman–Crippen MR) is 124 cm³/mol. The average Bonchev–Trinajstić information content (AvgIpc) is 3.30. The number of hydroxylamine groups is 1. The van der Waals surface area contributed by atoms with Gasteiger partial charge in [-0.2, -0.15) is 0 Å². The molecule has 7 heteroatoms. The number of aromatic nitrogens is 3. The number of carbonyl (C=O) groups excluding carboxylic acids is 1. The van der Waals surface area contributed by atoms with Gasteiger partial charge >= 0.3 is 0 Å². The zero-order valence-corrected chi connectivity index (χ0v) is 17.9. The van der Waals surface area contributed by atoms with Gasteiger partial charge in [0.15, 0.2) is 0 Å². The maximum atomic E-state index is 12.0. The first-order valence-electron chi connectivity index (χ1n) is 10.2. The van der Waals surface area contributed by atoms with Crippen LogP contribution in [0.2, 0.25) is 0 Å². The van der Waals surface area contributed by atoms with E-state index >= 15 is 0 Å². The molecule has 1 aromatic heterocycles. The fraction of sp³-hybridized carbons (Fsp3) is 0.160. The fourth-order valence-electron chi connectivity index (χ4n) is 2.87. The third-order valence-electron chi connectivity index (χ3n) is 4.56. The topological polar surface area (TPSA) is 78.3 Å². The maximum absolute atomic E-state index is 12.0. The quantitative estimate of drug-likeness (QED) is 0.278. The Morgan fingerprint density at radius 2 is 1.94 bits per heavy atom. The molecule has 7 nitrogen and oxygen atoms in total. The number of ether oxygens (including phenoxy) is 1. The number of methoxy groups -OCH3 is 1. The third kappa shape index (κ3) is 7.07. The standard InChI is InChI=1S/C25H26N4O3/c1-3-7-23(14-10-20-8-5-4-6-9-20)29-18-22(26-28-29)13-17-25(30)27-32-19-21-11-15-24(31-2)16-12-21/h3-6,8-18,23H,1,7,19H2,2H3,(H,27,30)/b14-10+,17-13+. The van der Waals surface area contributed by atoms with Crippen LogP contribution in [0, 0.1) is 0 Å². The molecule has 3 rings (SSSR count). The summed E-state index contributed by atoms with van der Waals surface area (Å²) >= 11 is 0. The summed E-state index contributed by atoms with van der Waals surface area (Å²) in [6.45, 7) is 4.07. The maximum Gasteiger partial charge on any atom is 0.267 e. The van der Waals surface area contributed by atoms with Crippen molar-refractivity contribution in [2.75, 3.05) is 7.11 Å². The number of hydrogen-bond donors (Lipinski definition) is 1. The van der Waals surface area contributed by atoms with Gasteiger partial charge in [-0.25, -0.2) is 10.2 Å². The van der Waals surface area contributed by atoms with E-state index in [9.17, 15) is 4.79 Å². The Balaban J connectivity index is 1.52. The van der Waals surface area contributed by atoms with Gasteiger partial charge in [-0.3, -0.25) is 9.63 Å². The summed E-state index contributed by atoms with van der Waals surface area (Å²) in [5, 5.41) is 8.30. The number of nitrogens with one attached hydrogen (secondary N) is 1. The molecule has 164 valence electrons. The monoisotopic (exact) mass is 430 g/mol. The molecule has 1 amide bonds. The fourth-order valence-corrected chi connectivity index (χ4v) is 2.87. The minimum Gasteiger partial charge on any atom is -0.497 e. The Labute approximate surface area is 187 Å². The zero-order valence-electron chi connectivity index (χ0n) is 17.9. The lowest BCUT2D eigenvalue weighted by Crippen LogP contribution is -2.21. The van der Waals surface area contributed by atoms with E-state index < -0.39 is 0 Å². The van der Waals surface area contributed by atoms with Gasteiger partial charge in [0.1, 0.15) is 11.4 Å². The SMILES string of the molecule is C=CCC(/C=C/c1ccccc1)n1cc(/C=C/C(=O)NOCc2ccc(OC)cc2)nn1. The van der Waals surface area contributed by atoms with Crippen LogP contribution in [0.4, 0.5) is 0 Å². The molecule has 32 heavy (non-hydrogen) atoms. The van der Waals surface area contributed by atoms with E-state index in [1.807, 2.05) is 66.7 Å². The van der Waals surface area contributed by atoms with Gasteiger partial charge in [-0.05, 0) is 35.8 Å². The number of hydrogen-bond acceptors (Lipinski definition) is 5. The van der Waals surface area contributed by atoms with Crippen LogP contribution in [0.5, 0.6) is 5.75 Å². The first kappa shape index (κ1) is 22.7. The number of nitrogens with zero attached hydrogens (tertiary/aromatic N) is 3. The van der Waals surface area contributed by atoms with E-state index in [0.717, 1.165) is 16.9 Å². The first-order valence-corrected chi connectivity index (χ1v) is 10.2. The van der Waals surface area contributed by atoms with Crippen LogP contribution >= 0.6 is 0 Å². The summed E-state index contributed by atoms with van der Waals surface area (Å²) in [5.41, 5.74) is 4.97. The Kier molecular flexibility index (Phi) is 8.53. The average molecular weight is 431 g/mol. The molecule has 0 fully saturated rings. The molecule has 1 heterocycles. The minimum atomic E-state index is -0.389. The predicted octanol–water partition coefficient (Wildman–Crippen LogP) is 4.38. The number of benzene rings is 2. The van der Waals surface area contributed by atoms with Gasteiger partial charge in [-0.15, -0.1) is 11.7 Å². The molecule has 3 aromatic rings. The van der Waals surface area contributed by atoms with Crippen molar-refractivity contribution in [3.8, 4) is 5.75 Å². The van der Waals surface area contributed by atoms with Gasteiger partial charge in [0.25, 0.3) is 5.91 Å². The van der Waals surface area contributed by atoms with Crippen LogP contribution in [0.3, 0.4) is 0 Å². The van der Waals surface area contributed by atoms with Crippen LogP contribution in [0.1, 0.15) is 29.3 Å². The molecule has 1 atom stereocenters.